The van der Waals surface area contributed by atoms with Gasteiger partial charge < -0.3 is 19.5 Å². The van der Waals surface area contributed by atoms with Crippen LogP contribution in [0.3, 0.4) is 0 Å². The maximum absolute atomic E-state index is 14.7. The molecule has 1 fully saturated rings. The average molecular weight is 556 g/mol. The van der Waals surface area contributed by atoms with Crippen molar-refractivity contribution in [1.82, 2.24) is 14.8 Å². The van der Waals surface area contributed by atoms with E-state index in [9.17, 15) is 9.59 Å². The number of carbonyl (C=O) groups is 2. The first kappa shape index (κ1) is 26.5. The molecule has 206 valence electrons. The number of rotatable bonds is 6. The highest BCUT2D eigenvalue weighted by Crippen LogP contribution is 2.41. The minimum atomic E-state index is -1.26. The molecule has 2 amide bonds. The van der Waals surface area contributed by atoms with Crippen molar-refractivity contribution in [1.29, 1.82) is 0 Å². The summed E-state index contributed by atoms with van der Waals surface area (Å²) in [4.78, 5) is 31.0. The van der Waals surface area contributed by atoms with Crippen LogP contribution >= 0.6 is 11.6 Å². The monoisotopic (exact) mass is 555 g/mol. The van der Waals surface area contributed by atoms with Crippen LogP contribution in [-0.2, 0) is 23.4 Å². The number of benzene rings is 3. The Hall–Kier alpha value is -3.77. The van der Waals surface area contributed by atoms with Gasteiger partial charge in [0.1, 0.15) is 11.4 Å². The van der Waals surface area contributed by atoms with Gasteiger partial charge in [-0.3, -0.25) is 9.59 Å². The molecule has 1 aliphatic heterocycles. The number of nitrogens with zero attached hydrogens (tertiary/aromatic N) is 2. The molecule has 1 aromatic heterocycles. The van der Waals surface area contributed by atoms with Gasteiger partial charge >= 0.3 is 0 Å². The largest absolute Gasteiger partial charge is 0.497 e. The van der Waals surface area contributed by atoms with Gasteiger partial charge in [-0.1, -0.05) is 79.7 Å². The average Bonchev–Trinajstić information content (AvgIpc) is 3.14. The SMILES string of the molecule is COc1ccc2cc3n(c2c1)CC(C(=O)NC1CCCCCC1)(c1ccccc1)N(Cc1ccc(Cl)cc1)C3=O. The summed E-state index contributed by atoms with van der Waals surface area (Å²) in [5.41, 5.74) is 1.87. The van der Waals surface area contributed by atoms with Crippen LogP contribution in [0.2, 0.25) is 5.02 Å². The predicted molar refractivity (Wildman–Crippen MR) is 158 cm³/mol. The predicted octanol–water partition coefficient (Wildman–Crippen LogP) is 6.69. The summed E-state index contributed by atoms with van der Waals surface area (Å²) in [7, 11) is 1.63. The second-order valence-corrected chi connectivity index (χ2v) is 11.4. The first-order valence-corrected chi connectivity index (χ1v) is 14.5. The molecule has 3 aromatic carbocycles. The Morgan fingerprint density at radius 1 is 0.975 bits per heavy atom. The van der Waals surface area contributed by atoms with Crippen LogP contribution in [0.5, 0.6) is 5.75 Å². The topological polar surface area (TPSA) is 63.6 Å². The molecule has 0 spiro atoms. The molecule has 1 aliphatic carbocycles. The van der Waals surface area contributed by atoms with E-state index in [-0.39, 0.29) is 24.4 Å². The molecule has 1 unspecified atom stereocenters. The molecular weight excluding hydrogens is 522 g/mol. The van der Waals surface area contributed by atoms with Crippen LogP contribution in [0.15, 0.2) is 78.9 Å². The van der Waals surface area contributed by atoms with Gasteiger partial charge in [0, 0.05) is 29.1 Å². The van der Waals surface area contributed by atoms with E-state index in [4.69, 9.17) is 16.3 Å². The molecule has 2 aliphatic rings. The molecule has 6 rings (SSSR count). The molecule has 0 bridgehead atoms. The molecule has 0 saturated heterocycles. The van der Waals surface area contributed by atoms with Gasteiger partial charge in [0.15, 0.2) is 5.54 Å². The normalized spacial score (nSPS) is 19.8. The summed E-state index contributed by atoms with van der Waals surface area (Å²) in [6.45, 7) is 0.564. The first-order valence-electron chi connectivity index (χ1n) is 14.1. The van der Waals surface area contributed by atoms with Crippen molar-refractivity contribution < 1.29 is 14.3 Å². The van der Waals surface area contributed by atoms with E-state index >= 15 is 0 Å². The maximum Gasteiger partial charge on any atom is 0.272 e. The summed E-state index contributed by atoms with van der Waals surface area (Å²) < 4.78 is 7.52. The summed E-state index contributed by atoms with van der Waals surface area (Å²) >= 11 is 6.19. The first-order chi connectivity index (χ1) is 19.5. The molecule has 40 heavy (non-hydrogen) atoms. The standard InChI is InChI=1S/C33H34ClN3O3/c1-40-28-18-15-24-19-30-31(38)37(21-23-13-16-26(34)17-14-23)33(22-36(30)29(24)20-28,25-9-5-4-6-10-25)32(39)35-27-11-7-2-3-8-12-27/h4-6,9-10,13-20,27H,2-3,7-8,11-12,21-22H2,1H3,(H,35,39). The third-order valence-electron chi connectivity index (χ3n) is 8.49. The Labute approximate surface area is 239 Å². The highest BCUT2D eigenvalue weighted by atomic mass is 35.5. The van der Waals surface area contributed by atoms with E-state index in [1.54, 1.807) is 12.0 Å². The van der Waals surface area contributed by atoms with Crippen LogP contribution in [-0.4, -0.2) is 34.4 Å². The van der Waals surface area contributed by atoms with Crippen LogP contribution in [0.1, 0.15) is 60.1 Å². The number of halogens is 1. The van der Waals surface area contributed by atoms with Gasteiger partial charge in [-0.05, 0) is 54.3 Å². The zero-order chi connectivity index (χ0) is 27.7. The lowest BCUT2D eigenvalue weighted by Crippen LogP contribution is -2.63. The van der Waals surface area contributed by atoms with E-state index in [1.807, 2.05) is 83.4 Å². The Kier molecular flexibility index (Phi) is 7.28. The van der Waals surface area contributed by atoms with Crippen molar-refractivity contribution in [3.05, 3.63) is 101 Å². The molecule has 2 heterocycles. The minimum Gasteiger partial charge on any atom is -0.497 e. The summed E-state index contributed by atoms with van der Waals surface area (Å²) in [6.07, 6.45) is 6.49. The number of fused-ring (bicyclic) bond motifs is 3. The van der Waals surface area contributed by atoms with Gasteiger partial charge in [-0.15, -0.1) is 0 Å². The van der Waals surface area contributed by atoms with Gasteiger partial charge in [0.05, 0.1) is 19.2 Å². The van der Waals surface area contributed by atoms with Crippen LogP contribution in [0.4, 0.5) is 0 Å². The number of ether oxygens (including phenoxy) is 1. The summed E-state index contributed by atoms with van der Waals surface area (Å²) in [6, 6.07) is 25.0. The Balaban J connectivity index is 1.53. The van der Waals surface area contributed by atoms with Crippen molar-refractivity contribution in [2.45, 2.75) is 63.2 Å². The quantitative estimate of drug-likeness (QED) is 0.269. The Morgan fingerprint density at radius 2 is 1.70 bits per heavy atom. The van der Waals surface area contributed by atoms with E-state index in [0.29, 0.717) is 23.0 Å². The lowest BCUT2D eigenvalue weighted by atomic mass is 9.83. The molecule has 1 N–H and O–H groups in total. The van der Waals surface area contributed by atoms with Crippen LogP contribution in [0.25, 0.3) is 10.9 Å². The number of hydrogen-bond donors (Lipinski definition) is 1. The van der Waals surface area contributed by atoms with Gasteiger partial charge in [-0.25, -0.2) is 0 Å². The second kappa shape index (κ2) is 11.0. The van der Waals surface area contributed by atoms with E-state index < -0.39 is 5.54 Å². The van der Waals surface area contributed by atoms with E-state index in [1.165, 1.54) is 12.8 Å². The van der Waals surface area contributed by atoms with Crippen molar-refractivity contribution in [3.8, 4) is 5.75 Å². The molecule has 4 aromatic rings. The number of methoxy groups -OCH3 is 1. The molecular formula is C33H34ClN3O3. The lowest BCUT2D eigenvalue weighted by Gasteiger charge is -2.47. The highest BCUT2D eigenvalue weighted by molar-refractivity contribution is 6.30. The molecule has 7 heteroatoms. The fourth-order valence-corrected chi connectivity index (χ4v) is 6.45. The number of carbonyl (C=O) groups excluding carboxylic acids is 2. The van der Waals surface area contributed by atoms with E-state index in [2.05, 4.69) is 5.32 Å². The molecule has 1 saturated carbocycles. The second-order valence-electron chi connectivity index (χ2n) is 10.9. The van der Waals surface area contributed by atoms with E-state index in [0.717, 1.165) is 47.7 Å². The van der Waals surface area contributed by atoms with Crippen molar-refractivity contribution >= 4 is 34.3 Å². The third kappa shape index (κ3) is 4.75. The maximum atomic E-state index is 14.7. The number of amides is 2. The van der Waals surface area contributed by atoms with Crippen molar-refractivity contribution in [3.63, 3.8) is 0 Å². The van der Waals surface area contributed by atoms with Crippen LogP contribution in [0, 0.1) is 0 Å². The zero-order valence-electron chi connectivity index (χ0n) is 22.7. The zero-order valence-corrected chi connectivity index (χ0v) is 23.5. The Bertz CT molecular complexity index is 1520. The number of nitrogens with one attached hydrogen (secondary N) is 1. The summed E-state index contributed by atoms with van der Waals surface area (Å²) in [5, 5.41) is 4.98. The van der Waals surface area contributed by atoms with Gasteiger partial charge in [-0.2, -0.15) is 0 Å². The molecule has 0 radical (unpaired) electrons. The minimum absolute atomic E-state index is 0.0889. The van der Waals surface area contributed by atoms with Crippen molar-refractivity contribution in [2.24, 2.45) is 0 Å². The van der Waals surface area contributed by atoms with Crippen LogP contribution < -0.4 is 10.1 Å². The fourth-order valence-electron chi connectivity index (χ4n) is 6.33. The molecule has 1 atom stereocenters. The van der Waals surface area contributed by atoms with Crippen molar-refractivity contribution in [2.75, 3.05) is 7.11 Å². The van der Waals surface area contributed by atoms with Gasteiger partial charge in [0.25, 0.3) is 11.8 Å². The number of aromatic nitrogens is 1. The van der Waals surface area contributed by atoms with Gasteiger partial charge in [0.2, 0.25) is 0 Å². The number of hydrogen-bond acceptors (Lipinski definition) is 3. The Morgan fingerprint density at radius 3 is 2.40 bits per heavy atom. The third-order valence-corrected chi connectivity index (χ3v) is 8.75. The smallest absolute Gasteiger partial charge is 0.272 e. The highest BCUT2D eigenvalue weighted by Gasteiger charge is 2.52. The molecule has 6 nitrogen and oxygen atoms in total. The summed E-state index contributed by atoms with van der Waals surface area (Å²) in [5.74, 6) is 0.386. The fraction of sp³-hybridized carbons (Fsp3) is 0.333. The lowest BCUT2D eigenvalue weighted by molar-refractivity contribution is -0.136.